The first kappa shape index (κ1) is 20.4. The molecule has 1 saturated heterocycles. The zero-order valence-electron chi connectivity index (χ0n) is 13.5. The minimum absolute atomic E-state index is 0. The summed E-state index contributed by atoms with van der Waals surface area (Å²) in [5.41, 5.74) is 7.48. The van der Waals surface area contributed by atoms with E-state index in [1.807, 2.05) is 36.1 Å². The fraction of sp³-hybridized carbons (Fsp3) is 0.438. The quantitative estimate of drug-likeness (QED) is 0.897. The van der Waals surface area contributed by atoms with Crippen LogP contribution in [0.4, 0.5) is 0 Å². The van der Waals surface area contributed by atoms with Gasteiger partial charge < -0.3 is 10.6 Å². The fourth-order valence-electron chi connectivity index (χ4n) is 2.93. The molecule has 1 aliphatic rings. The number of carbonyl (C=O) groups excluding carboxylic acids is 1. The van der Waals surface area contributed by atoms with Crippen molar-refractivity contribution in [2.24, 2.45) is 11.7 Å². The minimum atomic E-state index is 0. The topological polar surface area (TPSA) is 77.0 Å². The predicted octanol–water partition coefficient (Wildman–Crippen LogP) is 2.31. The first-order valence-electron chi connectivity index (χ1n) is 7.65. The molecule has 1 fully saturated rings. The number of nitrogens with two attached hydrogens (primary N) is 1. The molecule has 0 spiro atoms. The van der Waals surface area contributed by atoms with Gasteiger partial charge in [-0.2, -0.15) is 5.10 Å². The lowest BCUT2D eigenvalue weighted by Crippen LogP contribution is -2.42. The maximum Gasteiger partial charge on any atom is 0.253 e. The molecule has 2 N–H and O–H groups in total. The third-order valence-corrected chi connectivity index (χ3v) is 4.35. The van der Waals surface area contributed by atoms with Crippen molar-refractivity contribution in [1.82, 2.24) is 19.7 Å². The van der Waals surface area contributed by atoms with Crippen molar-refractivity contribution in [3.05, 3.63) is 42.5 Å². The van der Waals surface area contributed by atoms with Gasteiger partial charge in [-0.1, -0.05) is 6.07 Å². The molecule has 24 heavy (non-hydrogen) atoms. The maximum atomic E-state index is 12.6. The van der Waals surface area contributed by atoms with Crippen LogP contribution < -0.4 is 5.73 Å². The third-order valence-electron chi connectivity index (χ3n) is 4.35. The van der Waals surface area contributed by atoms with Crippen molar-refractivity contribution in [2.45, 2.75) is 25.8 Å². The largest absolute Gasteiger partial charge is 0.339 e. The number of carbonyl (C=O) groups is 1. The van der Waals surface area contributed by atoms with Crippen LogP contribution in [0.25, 0.3) is 5.69 Å². The molecule has 6 nitrogen and oxygen atoms in total. The van der Waals surface area contributed by atoms with Gasteiger partial charge in [0.05, 0.1) is 5.69 Å². The van der Waals surface area contributed by atoms with E-state index in [0.717, 1.165) is 31.6 Å². The van der Waals surface area contributed by atoms with Gasteiger partial charge in [0.25, 0.3) is 5.91 Å². The Morgan fingerprint density at radius 3 is 2.58 bits per heavy atom. The number of aromatic nitrogens is 3. The van der Waals surface area contributed by atoms with Gasteiger partial charge >= 0.3 is 0 Å². The van der Waals surface area contributed by atoms with Crippen molar-refractivity contribution in [2.75, 3.05) is 13.1 Å². The molecular formula is C16H23Cl2N5O. The predicted molar refractivity (Wildman–Crippen MR) is 98.1 cm³/mol. The number of nitrogens with zero attached hydrogens (tertiary/aromatic N) is 4. The van der Waals surface area contributed by atoms with Crippen molar-refractivity contribution in [3.8, 4) is 5.69 Å². The lowest BCUT2D eigenvalue weighted by Gasteiger charge is -2.33. The Morgan fingerprint density at radius 2 is 2.00 bits per heavy atom. The maximum absolute atomic E-state index is 12.6. The third kappa shape index (κ3) is 4.47. The van der Waals surface area contributed by atoms with E-state index in [1.54, 1.807) is 11.0 Å². The molecule has 0 radical (unpaired) electrons. The van der Waals surface area contributed by atoms with Crippen LogP contribution in [0.1, 0.15) is 30.1 Å². The van der Waals surface area contributed by atoms with Crippen LogP contribution in [-0.2, 0) is 0 Å². The highest BCUT2D eigenvalue weighted by Crippen LogP contribution is 2.21. The molecule has 8 heteroatoms. The normalized spacial score (nSPS) is 16.0. The second-order valence-electron chi connectivity index (χ2n) is 5.88. The van der Waals surface area contributed by atoms with E-state index in [4.69, 9.17) is 5.73 Å². The average Bonchev–Trinajstić information content (AvgIpc) is 3.09. The van der Waals surface area contributed by atoms with Crippen LogP contribution in [0.15, 0.2) is 36.9 Å². The Morgan fingerprint density at radius 1 is 1.29 bits per heavy atom. The van der Waals surface area contributed by atoms with Crippen molar-refractivity contribution in [1.29, 1.82) is 0 Å². The summed E-state index contributed by atoms with van der Waals surface area (Å²) in [4.78, 5) is 18.5. The molecule has 1 aromatic carbocycles. The van der Waals surface area contributed by atoms with Crippen LogP contribution in [0.5, 0.6) is 0 Å². The number of hydrogen-bond acceptors (Lipinski definition) is 4. The lowest BCUT2D eigenvalue weighted by atomic mass is 9.90. The van der Waals surface area contributed by atoms with E-state index in [9.17, 15) is 4.79 Å². The highest BCUT2D eigenvalue weighted by Gasteiger charge is 2.25. The van der Waals surface area contributed by atoms with E-state index in [-0.39, 0.29) is 36.8 Å². The Labute approximate surface area is 154 Å². The standard InChI is InChI=1S/C16H21N5O.2ClH/c1-12(17)13-5-7-20(8-6-13)16(22)14-3-2-4-15(9-14)21-11-18-10-19-21;;/h2-4,9-13H,5-8,17H2,1H3;2*1H. The number of benzene rings is 1. The molecular weight excluding hydrogens is 349 g/mol. The Hall–Kier alpha value is -1.63. The summed E-state index contributed by atoms with van der Waals surface area (Å²) in [7, 11) is 0. The van der Waals surface area contributed by atoms with Gasteiger partial charge in [-0.25, -0.2) is 9.67 Å². The zero-order valence-corrected chi connectivity index (χ0v) is 15.2. The van der Waals surface area contributed by atoms with Gasteiger partial charge in [-0.15, -0.1) is 24.8 Å². The van der Waals surface area contributed by atoms with Crippen molar-refractivity contribution in [3.63, 3.8) is 0 Å². The second kappa shape index (κ2) is 9.01. The number of halogens is 2. The van der Waals surface area contributed by atoms with Gasteiger partial charge in [-0.3, -0.25) is 4.79 Å². The van der Waals surface area contributed by atoms with Gasteiger partial charge in [0.15, 0.2) is 0 Å². The summed E-state index contributed by atoms with van der Waals surface area (Å²) in [6, 6.07) is 7.69. The molecule has 1 amide bonds. The van der Waals surface area contributed by atoms with Gasteiger partial charge in [0, 0.05) is 24.7 Å². The number of rotatable bonds is 3. The van der Waals surface area contributed by atoms with E-state index in [1.165, 1.54) is 6.33 Å². The summed E-state index contributed by atoms with van der Waals surface area (Å²) in [5, 5.41) is 4.10. The average molecular weight is 372 g/mol. The smallest absolute Gasteiger partial charge is 0.253 e. The van der Waals surface area contributed by atoms with Crippen LogP contribution in [0.3, 0.4) is 0 Å². The summed E-state index contributed by atoms with van der Waals surface area (Å²) in [5.74, 6) is 0.593. The summed E-state index contributed by atoms with van der Waals surface area (Å²) >= 11 is 0. The highest BCUT2D eigenvalue weighted by molar-refractivity contribution is 5.94. The molecule has 1 unspecified atom stereocenters. The van der Waals surface area contributed by atoms with Crippen LogP contribution >= 0.6 is 24.8 Å². The molecule has 132 valence electrons. The molecule has 0 saturated carbocycles. The number of likely N-dealkylation sites (tertiary alicyclic amines) is 1. The summed E-state index contributed by atoms with van der Waals surface area (Å²) in [6.45, 7) is 3.60. The van der Waals surface area contributed by atoms with E-state index >= 15 is 0 Å². The highest BCUT2D eigenvalue weighted by atomic mass is 35.5. The number of piperidine rings is 1. The monoisotopic (exact) mass is 371 g/mol. The molecule has 2 aromatic rings. The van der Waals surface area contributed by atoms with Crippen molar-refractivity contribution >= 4 is 30.7 Å². The Bertz CT molecular complexity index is 640. The fourth-order valence-corrected chi connectivity index (χ4v) is 2.93. The van der Waals surface area contributed by atoms with Gasteiger partial charge in [0.1, 0.15) is 12.7 Å². The van der Waals surface area contributed by atoms with E-state index in [2.05, 4.69) is 10.1 Å². The zero-order chi connectivity index (χ0) is 15.5. The molecule has 1 atom stereocenters. The molecule has 2 heterocycles. The van der Waals surface area contributed by atoms with Crippen LogP contribution in [-0.4, -0.2) is 44.7 Å². The first-order chi connectivity index (χ1) is 10.6. The Balaban J connectivity index is 0.00000144. The molecule has 3 rings (SSSR count). The van der Waals surface area contributed by atoms with Gasteiger partial charge in [-0.05, 0) is 43.9 Å². The SMILES string of the molecule is CC(N)C1CCN(C(=O)c2cccc(-n3cncn3)c2)CC1.Cl.Cl. The minimum Gasteiger partial charge on any atom is -0.339 e. The first-order valence-corrected chi connectivity index (χ1v) is 7.65. The number of amides is 1. The van der Waals surface area contributed by atoms with E-state index < -0.39 is 0 Å². The molecule has 1 aliphatic heterocycles. The van der Waals surface area contributed by atoms with Crippen LogP contribution in [0.2, 0.25) is 0 Å². The van der Waals surface area contributed by atoms with Gasteiger partial charge in [0.2, 0.25) is 0 Å². The van der Waals surface area contributed by atoms with Crippen LogP contribution in [0, 0.1) is 5.92 Å². The second-order valence-corrected chi connectivity index (χ2v) is 5.88. The summed E-state index contributed by atoms with van der Waals surface area (Å²) < 4.78 is 1.65. The van der Waals surface area contributed by atoms with E-state index in [0.29, 0.717) is 11.5 Å². The lowest BCUT2D eigenvalue weighted by molar-refractivity contribution is 0.0681. The number of hydrogen-bond donors (Lipinski definition) is 1. The summed E-state index contributed by atoms with van der Waals surface area (Å²) in [6.07, 6.45) is 5.06. The Kier molecular flexibility index (Phi) is 7.66. The molecule has 1 aromatic heterocycles. The van der Waals surface area contributed by atoms with Crippen molar-refractivity contribution < 1.29 is 4.79 Å². The molecule has 0 aliphatic carbocycles. The molecule has 0 bridgehead atoms.